The highest BCUT2D eigenvalue weighted by Crippen LogP contribution is 2.35. The molecule has 2 N–H and O–H groups in total. The van der Waals surface area contributed by atoms with Crippen LogP contribution in [0.5, 0.6) is 0 Å². The van der Waals surface area contributed by atoms with Gasteiger partial charge in [-0.25, -0.2) is 0 Å². The molecule has 6 heteroatoms. The molecule has 1 aromatic rings. The first-order chi connectivity index (χ1) is 8.88. The summed E-state index contributed by atoms with van der Waals surface area (Å²) in [5, 5.41) is 11.7. The molecular formula is C13H17ClF3NO. The Morgan fingerprint density at radius 3 is 2.58 bits per heavy atom. The van der Waals surface area contributed by atoms with E-state index in [0.29, 0.717) is 18.5 Å². The highest BCUT2D eigenvalue weighted by molar-refractivity contribution is 6.31. The van der Waals surface area contributed by atoms with E-state index in [1.165, 1.54) is 6.07 Å². The molecular weight excluding hydrogens is 279 g/mol. The van der Waals surface area contributed by atoms with Crippen LogP contribution in [0.25, 0.3) is 0 Å². The number of aliphatic hydroxyl groups excluding tert-OH is 1. The molecule has 2 nitrogen and oxygen atoms in total. The van der Waals surface area contributed by atoms with Crippen molar-refractivity contribution in [2.45, 2.75) is 38.5 Å². The summed E-state index contributed by atoms with van der Waals surface area (Å²) in [6, 6.07) is 3.97. The molecule has 0 heterocycles. The molecule has 0 radical (unpaired) electrons. The fourth-order valence-electron chi connectivity index (χ4n) is 1.77. The lowest BCUT2D eigenvalue weighted by atomic mass is 10.1. The number of nitrogens with one attached hydrogen (secondary N) is 1. The Labute approximate surface area is 115 Å². The van der Waals surface area contributed by atoms with Gasteiger partial charge in [0.25, 0.3) is 0 Å². The first-order valence-corrected chi connectivity index (χ1v) is 6.46. The van der Waals surface area contributed by atoms with E-state index >= 15 is 0 Å². The number of halogens is 4. The van der Waals surface area contributed by atoms with Crippen LogP contribution in [0.4, 0.5) is 13.2 Å². The normalized spacial score (nSPS) is 13.6. The summed E-state index contributed by atoms with van der Waals surface area (Å²) in [7, 11) is 0. The fraction of sp³-hybridized carbons (Fsp3) is 0.538. The summed E-state index contributed by atoms with van der Waals surface area (Å²) >= 11 is 5.55. The predicted octanol–water partition coefficient (Wildman–Crippen LogP) is 3.61. The Kier molecular flexibility index (Phi) is 6.10. The zero-order chi connectivity index (χ0) is 14.5. The van der Waals surface area contributed by atoms with E-state index in [0.717, 1.165) is 12.5 Å². The summed E-state index contributed by atoms with van der Waals surface area (Å²) in [6.07, 6.45) is -3.06. The van der Waals surface area contributed by atoms with Gasteiger partial charge in [-0.15, -0.1) is 0 Å². The molecule has 108 valence electrons. The third-order valence-electron chi connectivity index (χ3n) is 2.90. The predicted molar refractivity (Wildman–Crippen MR) is 69.1 cm³/mol. The summed E-state index contributed by atoms with van der Waals surface area (Å²) < 4.78 is 38.0. The van der Waals surface area contributed by atoms with E-state index < -0.39 is 11.7 Å². The molecule has 0 aromatic heterocycles. The van der Waals surface area contributed by atoms with Crippen molar-refractivity contribution in [2.24, 2.45) is 0 Å². The smallest absolute Gasteiger partial charge is 0.396 e. The maximum absolute atomic E-state index is 12.7. The Morgan fingerprint density at radius 1 is 1.37 bits per heavy atom. The van der Waals surface area contributed by atoms with E-state index in [1.54, 1.807) is 6.07 Å². The van der Waals surface area contributed by atoms with Crippen LogP contribution < -0.4 is 5.32 Å². The highest BCUT2D eigenvalue weighted by atomic mass is 35.5. The minimum Gasteiger partial charge on any atom is -0.396 e. The van der Waals surface area contributed by atoms with Crippen molar-refractivity contribution in [2.75, 3.05) is 6.61 Å². The largest absolute Gasteiger partial charge is 0.417 e. The van der Waals surface area contributed by atoms with Crippen LogP contribution in [0.15, 0.2) is 18.2 Å². The third-order valence-corrected chi connectivity index (χ3v) is 3.23. The zero-order valence-electron chi connectivity index (χ0n) is 10.6. The van der Waals surface area contributed by atoms with Crippen LogP contribution >= 0.6 is 11.6 Å². The third kappa shape index (κ3) is 5.01. The zero-order valence-corrected chi connectivity index (χ0v) is 11.4. The molecule has 0 amide bonds. The molecule has 1 atom stereocenters. The molecule has 0 saturated carbocycles. The fourth-order valence-corrected chi connectivity index (χ4v) is 1.99. The Hall–Kier alpha value is -0.780. The van der Waals surface area contributed by atoms with Gasteiger partial charge in [-0.3, -0.25) is 0 Å². The second-order valence-corrected chi connectivity index (χ2v) is 4.72. The average molecular weight is 296 g/mol. The number of hydrogen-bond acceptors (Lipinski definition) is 2. The maximum atomic E-state index is 12.7. The van der Waals surface area contributed by atoms with Crippen molar-refractivity contribution in [3.05, 3.63) is 34.3 Å². The number of benzene rings is 1. The molecule has 0 bridgehead atoms. The summed E-state index contributed by atoms with van der Waals surface area (Å²) in [6.45, 7) is 2.33. The van der Waals surface area contributed by atoms with Gasteiger partial charge in [0.2, 0.25) is 0 Å². The van der Waals surface area contributed by atoms with Crippen LogP contribution in [0.1, 0.15) is 30.9 Å². The Balaban J connectivity index is 2.75. The Morgan fingerprint density at radius 2 is 2.05 bits per heavy atom. The first-order valence-electron chi connectivity index (χ1n) is 6.08. The van der Waals surface area contributed by atoms with Crippen LogP contribution in [0.2, 0.25) is 5.02 Å². The van der Waals surface area contributed by atoms with Gasteiger partial charge in [0.05, 0.1) is 10.6 Å². The van der Waals surface area contributed by atoms with Crippen LogP contribution in [0.3, 0.4) is 0 Å². The van der Waals surface area contributed by atoms with Crippen molar-refractivity contribution in [1.82, 2.24) is 5.32 Å². The van der Waals surface area contributed by atoms with E-state index in [-0.39, 0.29) is 17.7 Å². The van der Waals surface area contributed by atoms with E-state index in [1.807, 2.05) is 6.92 Å². The van der Waals surface area contributed by atoms with Crippen LogP contribution in [-0.2, 0) is 12.7 Å². The molecule has 0 spiro atoms. The number of hydrogen-bond donors (Lipinski definition) is 2. The van der Waals surface area contributed by atoms with Gasteiger partial charge >= 0.3 is 6.18 Å². The highest BCUT2D eigenvalue weighted by Gasteiger charge is 2.33. The standard InChI is InChI=1S/C13H17ClF3NO/c1-2-10(5-6-19)18-8-9-3-4-12(14)11(7-9)13(15,16)17/h3-4,7,10,18-19H,2,5-6,8H2,1H3. The number of aliphatic hydroxyl groups is 1. The van der Waals surface area contributed by atoms with Gasteiger partial charge < -0.3 is 10.4 Å². The molecule has 1 unspecified atom stereocenters. The van der Waals surface area contributed by atoms with Crippen LogP contribution in [0, 0.1) is 0 Å². The molecule has 0 fully saturated rings. The average Bonchev–Trinajstić information content (AvgIpc) is 2.34. The Bertz CT molecular complexity index is 409. The quantitative estimate of drug-likeness (QED) is 0.840. The van der Waals surface area contributed by atoms with Crippen LogP contribution in [-0.4, -0.2) is 17.8 Å². The molecule has 1 aromatic carbocycles. The monoisotopic (exact) mass is 295 g/mol. The topological polar surface area (TPSA) is 32.3 Å². The van der Waals surface area contributed by atoms with E-state index in [9.17, 15) is 13.2 Å². The van der Waals surface area contributed by atoms with E-state index in [4.69, 9.17) is 16.7 Å². The van der Waals surface area contributed by atoms with Gasteiger partial charge in [-0.1, -0.05) is 24.6 Å². The van der Waals surface area contributed by atoms with Gasteiger partial charge in [-0.05, 0) is 30.5 Å². The maximum Gasteiger partial charge on any atom is 0.417 e. The van der Waals surface area contributed by atoms with Crippen molar-refractivity contribution in [3.8, 4) is 0 Å². The second kappa shape index (κ2) is 7.12. The lowest BCUT2D eigenvalue weighted by Crippen LogP contribution is -2.28. The van der Waals surface area contributed by atoms with Crippen molar-refractivity contribution >= 4 is 11.6 Å². The van der Waals surface area contributed by atoms with Gasteiger partial charge in [0.1, 0.15) is 0 Å². The minimum absolute atomic E-state index is 0.0555. The lowest BCUT2D eigenvalue weighted by Gasteiger charge is -2.16. The van der Waals surface area contributed by atoms with Gasteiger partial charge in [-0.2, -0.15) is 13.2 Å². The van der Waals surface area contributed by atoms with E-state index in [2.05, 4.69) is 5.32 Å². The summed E-state index contributed by atoms with van der Waals surface area (Å²) in [5.41, 5.74) is -0.295. The minimum atomic E-state index is -4.44. The molecule has 0 aliphatic rings. The second-order valence-electron chi connectivity index (χ2n) is 4.31. The summed E-state index contributed by atoms with van der Waals surface area (Å²) in [4.78, 5) is 0. The molecule has 0 aliphatic carbocycles. The van der Waals surface area contributed by atoms with Crippen molar-refractivity contribution in [1.29, 1.82) is 0 Å². The molecule has 1 rings (SSSR count). The van der Waals surface area contributed by atoms with Crippen molar-refractivity contribution in [3.63, 3.8) is 0 Å². The lowest BCUT2D eigenvalue weighted by molar-refractivity contribution is -0.137. The number of alkyl halides is 3. The molecule has 0 aliphatic heterocycles. The summed E-state index contributed by atoms with van der Waals surface area (Å²) in [5.74, 6) is 0. The van der Waals surface area contributed by atoms with Crippen molar-refractivity contribution < 1.29 is 18.3 Å². The van der Waals surface area contributed by atoms with Gasteiger partial charge in [0, 0.05) is 19.2 Å². The molecule has 0 saturated heterocycles. The SMILES string of the molecule is CCC(CCO)NCc1ccc(Cl)c(C(F)(F)F)c1. The first kappa shape index (κ1) is 16.3. The molecule has 19 heavy (non-hydrogen) atoms. The van der Waals surface area contributed by atoms with Gasteiger partial charge in [0.15, 0.2) is 0 Å². The number of rotatable bonds is 6.